The van der Waals surface area contributed by atoms with Gasteiger partial charge in [0.1, 0.15) is 5.01 Å². The van der Waals surface area contributed by atoms with Crippen molar-refractivity contribution in [1.29, 1.82) is 0 Å². The lowest BCUT2D eigenvalue weighted by Crippen LogP contribution is -2.28. The molecule has 0 aliphatic carbocycles. The van der Waals surface area contributed by atoms with Gasteiger partial charge in [-0.25, -0.2) is 9.78 Å². The summed E-state index contributed by atoms with van der Waals surface area (Å²) in [6.07, 6.45) is 1.76. The number of carbonyl (C=O) groups is 1. The summed E-state index contributed by atoms with van der Waals surface area (Å²) >= 11 is 1.43. The lowest BCUT2D eigenvalue weighted by molar-refractivity contribution is 0.0526. The van der Waals surface area contributed by atoms with Gasteiger partial charge < -0.3 is 9.84 Å². The van der Waals surface area contributed by atoms with Gasteiger partial charge in [0.15, 0.2) is 5.60 Å². The van der Waals surface area contributed by atoms with Crippen molar-refractivity contribution in [3.63, 3.8) is 0 Å². The van der Waals surface area contributed by atoms with Crippen LogP contribution in [0, 0.1) is 0 Å². The molecule has 0 radical (unpaired) electrons. The van der Waals surface area contributed by atoms with E-state index in [-0.39, 0.29) is 5.97 Å². The summed E-state index contributed by atoms with van der Waals surface area (Å²) in [7, 11) is 0. The molecule has 150 valence electrons. The zero-order valence-corrected chi connectivity index (χ0v) is 17.3. The molecule has 4 nitrogen and oxygen atoms in total. The van der Waals surface area contributed by atoms with Crippen molar-refractivity contribution in [1.82, 2.24) is 4.98 Å². The number of carbonyl (C=O) groups excluding carboxylic acids is 1. The fraction of sp³-hybridized carbons (Fsp3) is 0.120. The molecule has 0 spiro atoms. The second-order valence-electron chi connectivity index (χ2n) is 6.77. The van der Waals surface area contributed by atoms with Gasteiger partial charge in [0, 0.05) is 6.20 Å². The van der Waals surface area contributed by atoms with E-state index in [1.165, 1.54) is 11.3 Å². The Hall–Kier alpha value is -3.28. The van der Waals surface area contributed by atoms with E-state index in [0.29, 0.717) is 17.2 Å². The van der Waals surface area contributed by atoms with Crippen LogP contribution in [0.2, 0.25) is 0 Å². The minimum atomic E-state index is -1.35. The molecule has 0 saturated heterocycles. The van der Waals surface area contributed by atoms with Crippen molar-refractivity contribution in [2.75, 3.05) is 6.61 Å². The Labute approximate surface area is 179 Å². The topological polar surface area (TPSA) is 59.4 Å². The van der Waals surface area contributed by atoms with E-state index in [1.54, 1.807) is 25.3 Å². The van der Waals surface area contributed by atoms with E-state index in [1.807, 2.05) is 72.8 Å². The third kappa shape index (κ3) is 3.77. The third-order valence-corrected chi connectivity index (χ3v) is 6.03. The number of thiazole rings is 1. The Morgan fingerprint density at radius 2 is 1.50 bits per heavy atom. The molecule has 1 aromatic heterocycles. The average molecular weight is 416 g/mol. The molecule has 0 fully saturated rings. The average Bonchev–Trinajstić information content (AvgIpc) is 3.31. The van der Waals surface area contributed by atoms with Crippen LogP contribution in [0.3, 0.4) is 0 Å². The van der Waals surface area contributed by atoms with E-state index in [0.717, 1.165) is 21.6 Å². The number of benzene rings is 3. The number of esters is 1. The normalized spacial score (nSPS) is 11.3. The Morgan fingerprint density at radius 1 is 0.933 bits per heavy atom. The Morgan fingerprint density at radius 3 is 2.03 bits per heavy atom. The van der Waals surface area contributed by atoms with Gasteiger partial charge in [-0.2, -0.15) is 0 Å². The molecular formula is C25H21NO3S. The second-order valence-corrected chi connectivity index (χ2v) is 7.80. The van der Waals surface area contributed by atoms with Gasteiger partial charge in [0.05, 0.1) is 17.0 Å². The summed E-state index contributed by atoms with van der Waals surface area (Å²) in [5.41, 5.74) is 1.60. The van der Waals surface area contributed by atoms with Gasteiger partial charge in [-0.15, -0.1) is 11.3 Å². The van der Waals surface area contributed by atoms with E-state index in [9.17, 15) is 9.90 Å². The van der Waals surface area contributed by atoms with Crippen molar-refractivity contribution >= 4 is 17.3 Å². The first-order valence-corrected chi connectivity index (χ1v) is 10.5. The lowest BCUT2D eigenvalue weighted by atomic mass is 9.87. The molecule has 0 bridgehead atoms. The van der Waals surface area contributed by atoms with Crippen LogP contribution in [-0.4, -0.2) is 22.7 Å². The minimum absolute atomic E-state index is 0.337. The van der Waals surface area contributed by atoms with Gasteiger partial charge >= 0.3 is 5.97 Å². The number of aromatic nitrogens is 1. The zero-order valence-electron chi connectivity index (χ0n) is 16.5. The summed E-state index contributed by atoms with van der Waals surface area (Å²) in [4.78, 5) is 17.4. The van der Waals surface area contributed by atoms with Gasteiger partial charge in [-0.05, 0) is 35.7 Å². The highest BCUT2D eigenvalue weighted by atomic mass is 32.1. The molecule has 0 aliphatic heterocycles. The lowest BCUT2D eigenvalue weighted by Gasteiger charge is -2.27. The van der Waals surface area contributed by atoms with Crippen LogP contribution in [0.1, 0.15) is 33.4 Å². The first kappa shape index (κ1) is 20.0. The van der Waals surface area contributed by atoms with E-state index >= 15 is 0 Å². The molecule has 1 heterocycles. The summed E-state index contributed by atoms with van der Waals surface area (Å²) in [6, 6.07) is 26.3. The highest BCUT2D eigenvalue weighted by Crippen LogP contribution is 2.40. The number of nitrogens with zero attached hydrogens (tertiary/aromatic N) is 1. The first-order chi connectivity index (χ1) is 14.6. The highest BCUT2D eigenvalue weighted by molar-refractivity contribution is 7.15. The summed E-state index contributed by atoms with van der Waals surface area (Å²) < 4.78 is 5.04. The molecule has 30 heavy (non-hydrogen) atoms. The number of ether oxygens (including phenoxy) is 1. The largest absolute Gasteiger partial charge is 0.462 e. The minimum Gasteiger partial charge on any atom is -0.462 e. The van der Waals surface area contributed by atoms with Crippen LogP contribution in [0.5, 0.6) is 0 Å². The Balaban J connectivity index is 1.73. The zero-order chi connectivity index (χ0) is 21.0. The van der Waals surface area contributed by atoms with Crippen LogP contribution < -0.4 is 0 Å². The van der Waals surface area contributed by atoms with Gasteiger partial charge in [-0.1, -0.05) is 72.8 Å². The van der Waals surface area contributed by atoms with Crippen molar-refractivity contribution in [2.45, 2.75) is 12.5 Å². The van der Waals surface area contributed by atoms with Gasteiger partial charge in [0.25, 0.3) is 0 Å². The second kappa shape index (κ2) is 8.61. The van der Waals surface area contributed by atoms with Crippen LogP contribution in [0.15, 0.2) is 91.1 Å². The Bertz CT molecular complexity index is 1080. The fourth-order valence-electron chi connectivity index (χ4n) is 3.33. The molecule has 0 saturated carbocycles. The molecule has 5 heteroatoms. The van der Waals surface area contributed by atoms with E-state index in [4.69, 9.17) is 4.74 Å². The molecule has 0 aliphatic rings. The molecule has 3 aromatic carbocycles. The quantitative estimate of drug-likeness (QED) is 0.436. The van der Waals surface area contributed by atoms with Crippen LogP contribution in [0.25, 0.3) is 10.4 Å². The molecule has 4 rings (SSSR count). The summed E-state index contributed by atoms with van der Waals surface area (Å²) in [5.74, 6) is -0.337. The molecule has 0 atom stereocenters. The number of rotatable bonds is 6. The molecule has 0 unspecified atom stereocenters. The van der Waals surface area contributed by atoms with Gasteiger partial charge in [-0.3, -0.25) is 0 Å². The predicted molar refractivity (Wildman–Crippen MR) is 118 cm³/mol. The molecule has 1 N–H and O–H groups in total. The number of hydrogen-bond donors (Lipinski definition) is 1. The smallest absolute Gasteiger partial charge is 0.338 e. The van der Waals surface area contributed by atoms with Crippen molar-refractivity contribution in [2.24, 2.45) is 0 Å². The highest BCUT2D eigenvalue weighted by Gasteiger charge is 2.36. The van der Waals surface area contributed by atoms with Gasteiger partial charge in [0.2, 0.25) is 0 Å². The van der Waals surface area contributed by atoms with Crippen LogP contribution >= 0.6 is 11.3 Å². The summed E-state index contributed by atoms with van der Waals surface area (Å²) in [6.45, 7) is 2.13. The summed E-state index contributed by atoms with van der Waals surface area (Å²) in [5, 5.41) is 12.4. The molecular weight excluding hydrogens is 394 g/mol. The molecule has 4 aromatic rings. The van der Waals surface area contributed by atoms with Crippen LogP contribution in [-0.2, 0) is 10.3 Å². The monoisotopic (exact) mass is 415 g/mol. The standard InChI is InChI=1S/C25H21NO3S/c1-2-29-23(27)19-15-13-18(14-16-19)22-17-26-24(30-22)25(28,20-9-5-3-6-10-20)21-11-7-4-8-12-21/h3-17,28H,2H2,1H3. The fourth-order valence-corrected chi connectivity index (χ4v) is 4.39. The maximum atomic E-state index is 11.9. The molecule has 0 amide bonds. The van der Waals surface area contributed by atoms with E-state index in [2.05, 4.69) is 4.98 Å². The third-order valence-electron chi connectivity index (χ3n) is 4.88. The Kier molecular flexibility index (Phi) is 5.74. The van der Waals surface area contributed by atoms with Crippen LogP contribution in [0.4, 0.5) is 0 Å². The predicted octanol–water partition coefficient (Wildman–Crippen LogP) is 5.27. The van der Waals surface area contributed by atoms with Crippen molar-refractivity contribution in [3.8, 4) is 10.4 Å². The number of aliphatic hydroxyl groups is 1. The first-order valence-electron chi connectivity index (χ1n) is 9.70. The SMILES string of the molecule is CCOC(=O)c1ccc(-c2cnc(C(O)(c3ccccc3)c3ccccc3)s2)cc1. The maximum absolute atomic E-state index is 11.9. The van der Waals surface area contributed by atoms with Crippen molar-refractivity contribution in [3.05, 3.63) is 113 Å². The number of hydrogen-bond acceptors (Lipinski definition) is 5. The van der Waals surface area contributed by atoms with Crippen molar-refractivity contribution < 1.29 is 14.6 Å². The maximum Gasteiger partial charge on any atom is 0.338 e. The van der Waals surface area contributed by atoms with E-state index < -0.39 is 5.60 Å².